The Bertz CT molecular complexity index is 1010. The van der Waals surface area contributed by atoms with Gasteiger partial charge in [0.15, 0.2) is 6.61 Å². The van der Waals surface area contributed by atoms with Gasteiger partial charge in [-0.15, -0.1) is 0 Å². The smallest absolute Gasteiger partial charge is 0.416 e. The third kappa shape index (κ3) is 6.53. The number of halogens is 4. The second kappa shape index (κ2) is 9.57. The second-order valence-corrected chi connectivity index (χ2v) is 8.53. The molecule has 6 nitrogen and oxygen atoms in total. The minimum absolute atomic E-state index is 0.0222. The first-order valence-electron chi connectivity index (χ1n) is 8.84. The fraction of sp³-hybridized carbons (Fsp3) is 0.316. The number of hydrogen-bond donors (Lipinski definition) is 2. The van der Waals surface area contributed by atoms with Crippen LogP contribution in [0.1, 0.15) is 25.8 Å². The van der Waals surface area contributed by atoms with Crippen LogP contribution >= 0.6 is 11.6 Å². The highest BCUT2D eigenvalue weighted by Gasteiger charge is 2.30. The predicted molar refractivity (Wildman–Crippen MR) is 107 cm³/mol. The zero-order valence-electron chi connectivity index (χ0n) is 16.1. The van der Waals surface area contributed by atoms with Gasteiger partial charge in [-0.3, -0.25) is 9.52 Å². The maximum absolute atomic E-state index is 12.8. The maximum Gasteiger partial charge on any atom is 0.416 e. The number of alkyl halides is 3. The zero-order valence-corrected chi connectivity index (χ0v) is 17.7. The van der Waals surface area contributed by atoms with Crippen LogP contribution in [0.2, 0.25) is 5.02 Å². The lowest BCUT2D eigenvalue weighted by atomic mass is 10.2. The van der Waals surface area contributed by atoms with E-state index in [4.69, 9.17) is 16.3 Å². The van der Waals surface area contributed by atoms with Crippen LogP contribution in [-0.2, 0) is 21.0 Å². The standard InChI is InChI=1S/C19H20ClF3N2O4S/c1-3-12(2)24-18(26)11-29-17-8-7-15(10-16(17)20)30(27,28)25-14-6-4-5-13(9-14)19(21,22)23/h4-10,12,25H,3,11H2,1-2H3,(H,24,26)/t12-/m1/s1. The van der Waals surface area contributed by atoms with Crippen molar-refractivity contribution in [2.24, 2.45) is 0 Å². The van der Waals surface area contributed by atoms with Gasteiger partial charge in [0.1, 0.15) is 5.75 Å². The van der Waals surface area contributed by atoms with Gasteiger partial charge in [-0.05, 0) is 49.7 Å². The lowest BCUT2D eigenvalue weighted by Gasteiger charge is -2.14. The van der Waals surface area contributed by atoms with Crippen molar-refractivity contribution < 1.29 is 31.1 Å². The summed E-state index contributed by atoms with van der Waals surface area (Å²) in [7, 11) is -4.20. The summed E-state index contributed by atoms with van der Waals surface area (Å²) >= 11 is 6.04. The van der Waals surface area contributed by atoms with Gasteiger partial charge < -0.3 is 10.1 Å². The fourth-order valence-electron chi connectivity index (χ4n) is 2.30. The van der Waals surface area contributed by atoms with Crippen molar-refractivity contribution in [2.75, 3.05) is 11.3 Å². The Morgan fingerprint density at radius 3 is 2.50 bits per heavy atom. The molecular weight excluding hydrogens is 445 g/mol. The average molecular weight is 465 g/mol. The molecule has 0 spiro atoms. The number of ether oxygens (including phenoxy) is 1. The van der Waals surface area contributed by atoms with E-state index in [1.54, 1.807) is 0 Å². The van der Waals surface area contributed by atoms with Crippen LogP contribution in [0, 0.1) is 0 Å². The van der Waals surface area contributed by atoms with E-state index < -0.39 is 21.8 Å². The molecule has 1 atom stereocenters. The summed E-state index contributed by atoms with van der Waals surface area (Å²) in [4.78, 5) is 11.5. The van der Waals surface area contributed by atoms with Gasteiger partial charge in [-0.25, -0.2) is 8.42 Å². The molecule has 2 aromatic carbocycles. The van der Waals surface area contributed by atoms with E-state index in [0.29, 0.717) is 6.07 Å². The van der Waals surface area contributed by atoms with Crippen molar-refractivity contribution >= 4 is 33.2 Å². The minimum atomic E-state index is -4.61. The first-order valence-corrected chi connectivity index (χ1v) is 10.7. The van der Waals surface area contributed by atoms with Crippen LogP contribution < -0.4 is 14.8 Å². The number of carbonyl (C=O) groups is 1. The third-order valence-corrected chi connectivity index (χ3v) is 5.71. The van der Waals surface area contributed by atoms with E-state index in [-0.39, 0.29) is 39.9 Å². The van der Waals surface area contributed by atoms with Gasteiger partial charge in [0.2, 0.25) is 0 Å². The molecular formula is C19H20ClF3N2O4S. The largest absolute Gasteiger partial charge is 0.482 e. The van der Waals surface area contributed by atoms with E-state index in [1.807, 2.05) is 13.8 Å². The molecule has 11 heteroatoms. The molecule has 2 N–H and O–H groups in total. The number of anilines is 1. The van der Waals surface area contributed by atoms with Gasteiger partial charge in [0.25, 0.3) is 15.9 Å². The van der Waals surface area contributed by atoms with Crippen molar-refractivity contribution in [3.63, 3.8) is 0 Å². The average Bonchev–Trinajstić information content (AvgIpc) is 2.66. The van der Waals surface area contributed by atoms with Crippen LogP contribution in [0.3, 0.4) is 0 Å². The summed E-state index contributed by atoms with van der Waals surface area (Å²) in [5.41, 5.74) is -1.23. The van der Waals surface area contributed by atoms with Gasteiger partial charge in [-0.2, -0.15) is 13.2 Å². The van der Waals surface area contributed by atoms with Gasteiger partial charge in [0, 0.05) is 11.7 Å². The molecule has 0 aliphatic rings. The predicted octanol–water partition coefficient (Wildman–Crippen LogP) is 4.45. The van der Waals surface area contributed by atoms with Crippen molar-refractivity contribution in [2.45, 2.75) is 37.4 Å². The van der Waals surface area contributed by atoms with E-state index in [0.717, 1.165) is 24.6 Å². The molecule has 0 fully saturated rings. The molecule has 164 valence electrons. The van der Waals surface area contributed by atoms with Crippen LogP contribution in [0.25, 0.3) is 0 Å². The quantitative estimate of drug-likeness (QED) is 0.604. The number of rotatable bonds is 8. The monoisotopic (exact) mass is 464 g/mol. The summed E-state index contributed by atoms with van der Waals surface area (Å²) in [6, 6.07) is 7.30. The number of carbonyl (C=O) groups excluding carboxylic acids is 1. The maximum atomic E-state index is 12.8. The van der Waals surface area contributed by atoms with Crippen molar-refractivity contribution in [1.29, 1.82) is 0 Å². The molecule has 0 heterocycles. The Kier molecular flexibility index (Phi) is 7.59. The Balaban J connectivity index is 2.12. The lowest BCUT2D eigenvalue weighted by molar-refractivity contribution is -0.137. The fourth-order valence-corrected chi connectivity index (χ4v) is 3.68. The number of nitrogens with one attached hydrogen (secondary N) is 2. The van der Waals surface area contributed by atoms with Crippen molar-refractivity contribution in [3.05, 3.63) is 53.1 Å². The molecule has 0 unspecified atom stereocenters. The minimum Gasteiger partial charge on any atom is -0.482 e. The molecule has 30 heavy (non-hydrogen) atoms. The molecule has 0 aliphatic carbocycles. The highest BCUT2D eigenvalue weighted by Crippen LogP contribution is 2.32. The molecule has 1 amide bonds. The van der Waals surface area contributed by atoms with Crippen molar-refractivity contribution in [3.8, 4) is 5.75 Å². The molecule has 0 saturated heterocycles. The normalized spacial score (nSPS) is 12.9. The number of sulfonamides is 1. The number of amides is 1. The lowest BCUT2D eigenvalue weighted by Crippen LogP contribution is -2.35. The van der Waals surface area contributed by atoms with E-state index >= 15 is 0 Å². The topological polar surface area (TPSA) is 84.5 Å². The number of benzene rings is 2. The molecule has 0 radical (unpaired) electrons. The summed E-state index contributed by atoms with van der Waals surface area (Å²) in [6.45, 7) is 3.44. The Morgan fingerprint density at radius 1 is 1.20 bits per heavy atom. The Labute approximate surface area is 177 Å². The highest BCUT2D eigenvalue weighted by atomic mass is 35.5. The van der Waals surface area contributed by atoms with Gasteiger partial charge >= 0.3 is 6.18 Å². The van der Waals surface area contributed by atoms with E-state index in [2.05, 4.69) is 10.0 Å². The first kappa shape index (κ1) is 23.8. The Morgan fingerprint density at radius 2 is 1.90 bits per heavy atom. The summed E-state index contributed by atoms with van der Waals surface area (Å²) in [6.07, 6.45) is -3.86. The summed E-state index contributed by atoms with van der Waals surface area (Å²) < 4.78 is 70.8. The molecule has 0 aromatic heterocycles. The number of hydrogen-bond acceptors (Lipinski definition) is 4. The third-order valence-electron chi connectivity index (χ3n) is 4.03. The first-order chi connectivity index (χ1) is 13.9. The Hall–Kier alpha value is -2.46. The van der Waals surface area contributed by atoms with Gasteiger partial charge in [-0.1, -0.05) is 24.6 Å². The van der Waals surface area contributed by atoms with Crippen LogP contribution in [0.4, 0.5) is 18.9 Å². The molecule has 2 rings (SSSR count). The van der Waals surface area contributed by atoms with Crippen LogP contribution in [0.15, 0.2) is 47.4 Å². The zero-order chi connectivity index (χ0) is 22.5. The van der Waals surface area contributed by atoms with Gasteiger partial charge in [0.05, 0.1) is 15.5 Å². The van der Waals surface area contributed by atoms with Crippen LogP contribution in [-0.4, -0.2) is 27.0 Å². The van der Waals surface area contributed by atoms with Crippen LogP contribution in [0.5, 0.6) is 5.75 Å². The summed E-state index contributed by atoms with van der Waals surface area (Å²) in [5, 5.41) is 2.63. The SMILES string of the molecule is CC[C@@H](C)NC(=O)COc1ccc(S(=O)(=O)Nc2cccc(C(F)(F)F)c2)cc1Cl. The van der Waals surface area contributed by atoms with Crippen molar-refractivity contribution in [1.82, 2.24) is 5.32 Å². The summed E-state index contributed by atoms with van der Waals surface area (Å²) in [5.74, 6) is -0.266. The highest BCUT2D eigenvalue weighted by molar-refractivity contribution is 7.92. The molecule has 2 aromatic rings. The van der Waals surface area contributed by atoms with E-state index in [1.165, 1.54) is 18.2 Å². The molecule has 0 bridgehead atoms. The van der Waals surface area contributed by atoms with E-state index in [9.17, 15) is 26.4 Å². The molecule has 0 aliphatic heterocycles. The molecule has 0 saturated carbocycles. The second-order valence-electron chi connectivity index (χ2n) is 6.44.